The molecule has 4 heteroatoms. The highest BCUT2D eigenvalue weighted by Gasteiger charge is 2.16. The second kappa shape index (κ2) is 6.09. The van der Waals surface area contributed by atoms with E-state index in [9.17, 15) is 9.90 Å². The monoisotopic (exact) mass is 334 g/mol. The van der Waals surface area contributed by atoms with Crippen molar-refractivity contribution >= 4 is 21.9 Å². The van der Waals surface area contributed by atoms with Crippen LogP contribution >= 0.6 is 15.9 Å². The van der Waals surface area contributed by atoms with E-state index in [0.29, 0.717) is 21.9 Å². The van der Waals surface area contributed by atoms with Gasteiger partial charge in [-0.25, -0.2) is 4.79 Å². The number of carboxylic acids is 1. The van der Waals surface area contributed by atoms with Crippen LogP contribution in [0.2, 0.25) is 0 Å². The summed E-state index contributed by atoms with van der Waals surface area (Å²) in [6.07, 6.45) is 0. The average Bonchev–Trinajstić information content (AvgIpc) is 2.38. The fourth-order valence-corrected chi connectivity index (χ4v) is 2.38. The van der Waals surface area contributed by atoms with Gasteiger partial charge in [0.15, 0.2) is 0 Å². The molecular formula is C16H15BrO3. The predicted octanol–water partition coefficient (Wildman–Crippen LogP) is 5.06. The van der Waals surface area contributed by atoms with Crippen molar-refractivity contribution in [3.63, 3.8) is 0 Å². The zero-order valence-corrected chi connectivity index (χ0v) is 12.8. The largest absolute Gasteiger partial charge is 0.478 e. The highest BCUT2D eigenvalue weighted by atomic mass is 79.9. The number of ether oxygens (including phenoxy) is 1. The maximum atomic E-state index is 11.3. The van der Waals surface area contributed by atoms with Gasteiger partial charge in [-0.05, 0) is 51.7 Å². The molecule has 0 aliphatic heterocycles. The molecule has 0 radical (unpaired) electrons. The summed E-state index contributed by atoms with van der Waals surface area (Å²) in [6.45, 7) is 4.20. The molecule has 0 aromatic heterocycles. The molecule has 0 fully saturated rings. The van der Waals surface area contributed by atoms with Crippen molar-refractivity contribution in [2.75, 3.05) is 0 Å². The number of carbonyl (C=O) groups is 1. The number of halogens is 1. The number of benzene rings is 2. The van der Waals surface area contributed by atoms with Crippen molar-refractivity contribution in [3.8, 4) is 11.5 Å². The third-order valence-corrected chi connectivity index (χ3v) is 3.60. The molecule has 0 spiro atoms. The molecule has 2 aromatic carbocycles. The first-order valence-electron chi connectivity index (χ1n) is 6.28. The third kappa shape index (κ3) is 3.20. The van der Waals surface area contributed by atoms with Crippen LogP contribution in [0.4, 0.5) is 0 Å². The van der Waals surface area contributed by atoms with Crippen LogP contribution in [0, 0.1) is 0 Å². The van der Waals surface area contributed by atoms with Gasteiger partial charge in [0.1, 0.15) is 17.1 Å². The van der Waals surface area contributed by atoms with Crippen molar-refractivity contribution < 1.29 is 14.6 Å². The van der Waals surface area contributed by atoms with Crippen LogP contribution in [-0.4, -0.2) is 11.1 Å². The van der Waals surface area contributed by atoms with Crippen LogP contribution in [0.15, 0.2) is 46.9 Å². The number of aromatic carboxylic acids is 1. The van der Waals surface area contributed by atoms with Gasteiger partial charge in [0.25, 0.3) is 0 Å². The Morgan fingerprint density at radius 2 is 1.90 bits per heavy atom. The van der Waals surface area contributed by atoms with E-state index in [2.05, 4.69) is 29.8 Å². The molecule has 0 atom stereocenters. The molecule has 0 heterocycles. The lowest BCUT2D eigenvalue weighted by molar-refractivity contribution is 0.0693. The van der Waals surface area contributed by atoms with E-state index in [1.54, 1.807) is 18.2 Å². The molecule has 3 nitrogen and oxygen atoms in total. The topological polar surface area (TPSA) is 46.5 Å². The van der Waals surface area contributed by atoms with Gasteiger partial charge >= 0.3 is 5.97 Å². The summed E-state index contributed by atoms with van der Waals surface area (Å²) >= 11 is 3.24. The van der Waals surface area contributed by atoms with Crippen molar-refractivity contribution in [1.82, 2.24) is 0 Å². The van der Waals surface area contributed by atoms with Gasteiger partial charge in [-0.3, -0.25) is 0 Å². The standard InChI is InChI=1S/C16H15BrO3/c1-10(2)11-5-3-6-12(9-11)20-14-8-4-7-13(17)15(14)16(18)19/h3-10H,1-2H3,(H,18,19). The average molecular weight is 335 g/mol. The summed E-state index contributed by atoms with van der Waals surface area (Å²) in [5, 5.41) is 9.26. The lowest BCUT2D eigenvalue weighted by Gasteiger charge is -2.12. The van der Waals surface area contributed by atoms with Gasteiger partial charge in [-0.1, -0.05) is 32.0 Å². The highest BCUT2D eigenvalue weighted by molar-refractivity contribution is 9.10. The fourth-order valence-electron chi connectivity index (χ4n) is 1.86. The minimum atomic E-state index is -1.02. The van der Waals surface area contributed by atoms with E-state index in [0.717, 1.165) is 5.56 Å². The Kier molecular flexibility index (Phi) is 4.45. The molecule has 1 N–H and O–H groups in total. The number of hydrogen-bond acceptors (Lipinski definition) is 2. The van der Waals surface area contributed by atoms with Gasteiger partial charge in [-0.2, -0.15) is 0 Å². The third-order valence-electron chi connectivity index (χ3n) is 2.94. The zero-order valence-electron chi connectivity index (χ0n) is 11.3. The van der Waals surface area contributed by atoms with Crippen LogP contribution < -0.4 is 4.74 Å². The van der Waals surface area contributed by atoms with Crippen molar-refractivity contribution in [2.24, 2.45) is 0 Å². The summed E-state index contributed by atoms with van der Waals surface area (Å²) in [7, 11) is 0. The maximum Gasteiger partial charge on any atom is 0.340 e. The Labute approximate surface area is 126 Å². The van der Waals surface area contributed by atoms with Gasteiger partial charge in [0, 0.05) is 4.47 Å². The van der Waals surface area contributed by atoms with Gasteiger partial charge in [0.2, 0.25) is 0 Å². The Bertz CT molecular complexity index is 635. The van der Waals surface area contributed by atoms with E-state index in [1.165, 1.54) is 0 Å². The predicted molar refractivity (Wildman–Crippen MR) is 81.7 cm³/mol. The minimum absolute atomic E-state index is 0.127. The number of rotatable bonds is 4. The molecule has 0 saturated carbocycles. The molecule has 2 aromatic rings. The Hall–Kier alpha value is -1.81. The van der Waals surface area contributed by atoms with Crippen LogP contribution in [-0.2, 0) is 0 Å². The molecule has 0 aliphatic carbocycles. The van der Waals surface area contributed by atoms with Gasteiger partial charge < -0.3 is 9.84 Å². The molecule has 20 heavy (non-hydrogen) atoms. The molecular weight excluding hydrogens is 320 g/mol. The molecule has 0 aliphatic rings. The summed E-state index contributed by atoms with van der Waals surface area (Å²) < 4.78 is 6.23. The van der Waals surface area contributed by atoms with Gasteiger partial charge in [0.05, 0.1) is 0 Å². The quantitative estimate of drug-likeness (QED) is 0.849. The first kappa shape index (κ1) is 14.6. The van der Waals surface area contributed by atoms with E-state index >= 15 is 0 Å². The lowest BCUT2D eigenvalue weighted by atomic mass is 10.0. The van der Waals surface area contributed by atoms with E-state index in [-0.39, 0.29) is 5.56 Å². The minimum Gasteiger partial charge on any atom is -0.478 e. The number of carboxylic acid groups (broad SMARTS) is 1. The first-order chi connectivity index (χ1) is 9.49. The van der Waals surface area contributed by atoms with Crippen LogP contribution in [0.1, 0.15) is 35.7 Å². The fraction of sp³-hybridized carbons (Fsp3) is 0.188. The second-order valence-corrected chi connectivity index (χ2v) is 5.60. The normalized spacial score (nSPS) is 10.6. The van der Waals surface area contributed by atoms with Crippen molar-refractivity contribution in [2.45, 2.75) is 19.8 Å². The van der Waals surface area contributed by atoms with Crippen LogP contribution in [0.3, 0.4) is 0 Å². The van der Waals surface area contributed by atoms with E-state index in [1.807, 2.05) is 24.3 Å². The molecule has 104 valence electrons. The van der Waals surface area contributed by atoms with E-state index < -0.39 is 5.97 Å². The summed E-state index contributed by atoms with van der Waals surface area (Å²) in [6, 6.07) is 12.8. The van der Waals surface area contributed by atoms with Crippen molar-refractivity contribution in [1.29, 1.82) is 0 Å². The molecule has 0 unspecified atom stereocenters. The Morgan fingerprint density at radius 1 is 1.20 bits per heavy atom. The maximum absolute atomic E-state index is 11.3. The van der Waals surface area contributed by atoms with Crippen molar-refractivity contribution in [3.05, 3.63) is 58.1 Å². The first-order valence-corrected chi connectivity index (χ1v) is 7.08. The van der Waals surface area contributed by atoms with Gasteiger partial charge in [-0.15, -0.1) is 0 Å². The molecule has 0 amide bonds. The molecule has 2 rings (SSSR count). The van der Waals surface area contributed by atoms with E-state index in [4.69, 9.17) is 4.74 Å². The second-order valence-electron chi connectivity index (χ2n) is 4.75. The number of hydrogen-bond donors (Lipinski definition) is 1. The molecule has 0 bridgehead atoms. The zero-order chi connectivity index (χ0) is 14.7. The SMILES string of the molecule is CC(C)c1cccc(Oc2cccc(Br)c2C(=O)O)c1. The summed E-state index contributed by atoms with van der Waals surface area (Å²) in [5.74, 6) is 0.331. The highest BCUT2D eigenvalue weighted by Crippen LogP contribution is 2.31. The Morgan fingerprint density at radius 3 is 2.55 bits per heavy atom. The van der Waals surface area contributed by atoms with Crippen LogP contribution in [0.25, 0.3) is 0 Å². The summed E-state index contributed by atoms with van der Waals surface area (Å²) in [5.41, 5.74) is 1.27. The van der Waals surface area contributed by atoms with Crippen LogP contribution in [0.5, 0.6) is 11.5 Å². The Balaban J connectivity index is 2.38. The lowest BCUT2D eigenvalue weighted by Crippen LogP contribution is -2.01. The smallest absolute Gasteiger partial charge is 0.340 e. The molecule has 0 saturated heterocycles. The summed E-state index contributed by atoms with van der Waals surface area (Å²) in [4.78, 5) is 11.3.